The summed E-state index contributed by atoms with van der Waals surface area (Å²) in [6.45, 7) is 0.511. The summed E-state index contributed by atoms with van der Waals surface area (Å²) >= 11 is 0. The molecular weight excluding hydrogens is 372 g/mol. The van der Waals surface area contributed by atoms with Crippen LogP contribution in [-0.2, 0) is 11.2 Å². The summed E-state index contributed by atoms with van der Waals surface area (Å²) in [7, 11) is 0. The predicted octanol–water partition coefficient (Wildman–Crippen LogP) is 6.09. The van der Waals surface area contributed by atoms with Crippen molar-refractivity contribution in [1.82, 2.24) is 0 Å². The molecule has 4 aromatic rings. The molecule has 0 unspecified atom stereocenters. The number of carbonyl (C=O) groups is 1. The van der Waals surface area contributed by atoms with Gasteiger partial charge in [0.1, 0.15) is 5.75 Å². The van der Waals surface area contributed by atoms with E-state index >= 15 is 0 Å². The van der Waals surface area contributed by atoms with Gasteiger partial charge in [0.15, 0.2) is 0 Å². The van der Waals surface area contributed by atoms with Crippen LogP contribution >= 0.6 is 0 Å². The minimum absolute atomic E-state index is 0.236. The van der Waals surface area contributed by atoms with E-state index in [0.717, 1.165) is 22.8 Å². The molecule has 0 fully saturated rings. The van der Waals surface area contributed by atoms with Crippen molar-refractivity contribution in [3.8, 4) is 5.75 Å². The molecule has 148 valence electrons. The first-order valence-electron chi connectivity index (χ1n) is 9.91. The highest BCUT2D eigenvalue weighted by Gasteiger charge is 2.14. The van der Waals surface area contributed by atoms with E-state index in [-0.39, 0.29) is 5.57 Å². The molecule has 0 spiro atoms. The molecule has 0 atom stereocenters. The molecule has 4 aromatic carbocycles. The van der Waals surface area contributed by atoms with Crippen LogP contribution in [0.1, 0.15) is 16.7 Å². The summed E-state index contributed by atoms with van der Waals surface area (Å²) < 4.78 is 6.13. The smallest absolute Gasteiger partial charge is 0.336 e. The fraction of sp³-hybridized carbons (Fsp3) is 0.0741. The summed E-state index contributed by atoms with van der Waals surface area (Å²) in [6.07, 6.45) is 2.50. The van der Waals surface area contributed by atoms with Crippen LogP contribution in [0.15, 0.2) is 97.1 Å². The maximum atomic E-state index is 12.0. The number of hydrogen-bond acceptors (Lipinski definition) is 2. The first kappa shape index (κ1) is 19.5. The van der Waals surface area contributed by atoms with Gasteiger partial charge < -0.3 is 9.84 Å². The summed E-state index contributed by atoms with van der Waals surface area (Å²) in [6, 6.07) is 31.2. The Balaban J connectivity index is 1.74. The highest BCUT2D eigenvalue weighted by atomic mass is 16.5. The zero-order valence-electron chi connectivity index (χ0n) is 16.5. The fourth-order valence-electron chi connectivity index (χ4n) is 3.50. The Labute approximate surface area is 175 Å². The molecule has 0 amide bonds. The van der Waals surface area contributed by atoms with Crippen LogP contribution in [0.4, 0.5) is 0 Å². The van der Waals surface area contributed by atoms with Gasteiger partial charge in [-0.1, -0.05) is 91.0 Å². The molecule has 4 rings (SSSR count). The molecule has 0 bridgehead atoms. The zero-order chi connectivity index (χ0) is 20.8. The quantitative estimate of drug-likeness (QED) is 0.305. The SMILES string of the molecule is O=C(O)/C(=C/c1c(OCCc2ccccc2)ccc2ccccc12)c1ccccc1. The molecule has 0 aromatic heterocycles. The lowest BCUT2D eigenvalue weighted by molar-refractivity contribution is -0.130. The first-order chi connectivity index (χ1) is 14.7. The molecule has 30 heavy (non-hydrogen) atoms. The van der Waals surface area contributed by atoms with E-state index in [0.29, 0.717) is 17.9 Å². The molecule has 0 aliphatic rings. The average molecular weight is 394 g/mol. The van der Waals surface area contributed by atoms with Crippen molar-refractivity contribution in [2.75, 3.05) is 6.61 Å². The van der Waals surface area contributed by atoms with Crippen LogP contribution < -0.4 is 4.74 Å². The third-order valence-electron chi connectivity index (χ3n) is 5.03. The lowest BCUT2D eigenvalue weighted by Gasteiger charge is -2.13. The number of aliphatic carboxylic acids is 1. The molecule has 3 heteroatoms. The molecule has 0 heterocycles. The third kappa shape index (κ3) is 4.41. The van der Waals surface area contributed by atoms with E-state index in [9.17, 15) is 9.90 Å². The van der Waals surface area contributed by atoms with Gasteiger partial charge in [0.05, 0.1) is 12.2 Å². The standard InChI is InChI=1S/C27H22O3/c28-27(29)24(21-11-5-2-6-12-21)19-25-23-14-8-7-13-22(23)15-16-26(25)30-18-17-20-9-3-1-4-10-20/h1-16,19H,17-18H2,(H,28,29)/b24-19+. The Kier molecular flexibility index (Phi) is 5.90. The number of carboxylic acids is 1. The monoisotopic (exact) mass is 394 g/mol. The maximum absolute atomic E-state index is 12.0. The van der Waals surface area contributed by atoms with Crippen molar-refractivity contribution < 1.29 is 14.6 Å². The number of hydrogen-bond donors (Lipinski definition) is 1. The zero-order valence-corrected chi connectivity index (χ0v) is 16.5. The highest BCUT2D eigenvalue weighted by Crippen LogP contribution is 2.32. The molecule has 0 aliphatic carbocycles. The van der Waals surface area contributed by atoms with Crippen molar-refractivity contribution in [2.45, 2.75) is 6.42 Å². The van der Waals surface area contributed by atoms with Gasteiger partial charge in [0, 0.05) is 12.0 Å². The minimum Gasteiger partial charge on any atom is -0.493 e. The van der Waals surface area contributed by atoms with Gasteiger partial charge in [0.25, 0.3) is 0 Å². The minimum atomic E-state index is -0.968. The van der Waals surface area contributed by atoms with E-state index in [1.165, 1.54) is 5.56 Å². The number of rotatable bonds is 7. The Hall–Kier alpha value is -3.85. The maximum Gasteiger partial charge on any atom is 0.336 e. The Morgan fingerprint density at radius 2 is 1.47 bits per heavy atom. The van der Waals surface area contributed by atoms with Crippen molar-refractivity contribution in [2.24, 2.45) is 0 Å². The summed E-state index contributed by atoms with van der Waals surface area (Å²) in [4.78, 5) is 12.0. The molecule has 0 radical (unpaired) electrons. The fourth-order valence-corrected chi connectivity index (χ4v) is 3.50. The van der Waals surface area contributed by atoms with Gasteiger partial charge in [-0.15, -0.1) is 0 Å². The van der Waals surface area contributed by atoms with Gasteiger partial charge in [-0.2, -0.15) is 0 Å². The van der Waals surface area contributed by atoms with Crippen LogP contribution in [-0.4, -0.2) is 17.7 Å². The van der Waals surface area contributed by atoms with E-state index in [4.69, 9.17) is 4.74 Å². The van der Waals surface area contributed by atoms with Crippen molar-refractivity contribution >= 4 is 28.4 Å². The second kappa shape index (κ2) is 9.10. The summed E-state index contributed by atoms with van der Waals surface area (Å²) in [5.74, 6) is -0.288. The first-order valence-corrected chi connectivity index (χ1v) is 9.91. The van der Waals surface area contributed by atoms with E-state index in [1.54, 1.807) is 18.2 Å². The second-order valence-corrected chi connectivity index (χ2v) is 7.01. The second-order valence-electron chi connectivity index (χ2n) is 7.01. The molecule has 1 N–H and O–H groups in total. The lowest BCUT2D eigenvalue weighted by atomic mass is 9.98. The van der Waals surface area contributed by atoms with Gasteiger partial charge in [-0.25, -0.2) is 4.79 Å². The van der Waals surface area contributed by atoms with E-state index in [2.05, 4.69) is 12.1 Å². The average Bonchev–Trinajstić information content (AvgIpc) is 2.79. The van der Waals surface area contributed by atoms with Crippen LogP contribution in [0.5, 0.6) is 5.75 Å². The van der Waals surface area contributed by atoms with Gasteiger partial charge in [-0.3, -0.25) is 0 Å². The molecular formula is C27H22O3. The molecule has 0 saturated carbocycles. The Morgan fingerprint density at radius 1 is 0.800 bits per heavy atom. The summed E-state index contributed by atoms with van der Waals surface area (Å²) in [5, 5.41) is 11.9. The van der Waals surface area contributed by atoms with Gasteiger partial charge in [0.2, 0.25) is 0 Å². The highest BCUT2D eigenvalue weighted by molar-refractivity contribution is 6.22. The molecule has 3 nitrogen and oxygen atoms in total. The number of benzene rings is 4. The van der Waals surface area contributed by atoms with E-state index in [1.807, 2.05) is 72.8 Å². The lowest BCUT2D eigenvalue weighted by Crippen LogP contribution is -2.04. The number of fused-ring (bicyclic) bond motifs is 1. The van der Waals surface area contributed by atoms with Crippen LogP contribution in [0, 0.1) is 0 Å². The Bertz CT molecular complexity index is 1180. The van der Waals surface area contributed by atoms with Crippen molar-refractivity contribution in [3.63, 3.8) is 0 Å². The van der Waals surface area contributed by atoms with Gasteiger partial charge >= 0.3 is 5.97 Å². The predicted molar refractivity (Wildman–Crippen MR) is 122 cm³/mol. The number of ether oxygens (including phenoxy) is 1. The number of carboxylic acid groups (broad SMARTS) is 1. The van der Waals surface area contributed by atoms with Crippen LogP contribution in [0.3, 0.4) is 0 Å². The van der Waals surface area contributed by atoms with Crippen LogP contribution in [0.25, 0.3) is 22.4 Å². The van der Waals surface area contributed by atoms with Crippen molar-refractivity contribution in [3.05, 3.63) is 114 Å². The van der Waals surface area contributed by atoms with Crippen LogP contribution in [0.2, 0.25) is 0 Å². The third-order valence-corrected chi connectivity index (χ3v) is 5.03. The normalized spacial score (nSPS) is 11.4. The topological polar surface area (TPSA) is 46.5 Å². The molecule has 0 saturated heterocycles. The van der Waals surface area contributed by atoms with Gasteiger partial charge in [-0.05, 0) is 34.0 Å². The largest absolute Gasteiger partial charge is 0.493 e. The van der Waals surface area contributed by atoms with E-state index < -0.39 is 5.97 Å². The summed E-state index contributed by atoms with van der Waals surface area (Å²) in [5.41, 5.74) is 2.88. The molecule has 0 aliphatic heterocycles. The Morgan fingerprint density at radius 3 is 2.20 bits per heavy atom. The van der Waals surface area contributed by atoms with Crippen molar-refractivity contribution in [1.29, 1.82) is 0 Å².